The fourth-order valence-corrected chi connectivity index (χ4v) is 3.30. The first-order valence-corrected chi connectivity index (χ1v) is 7.79. The van der Waals surface area contributed by atoms with Crippen LogP contribution in [-0.4, -0.2) is 56.1 Å². The van der Waals surface area contributed by atoms with Gasteiger partial charge in [-0.2, -0.15) is 0 Å². The summed E-state index contributed by atoms with van der Waals surface area (Å²) in [5.41, 5.74) is 3.02. The van der Waals surface area contributed by atoms with Crippen molar-refractivity contribution in [3.8, 4) is 0 Å². The maximum atomic E-state index is 3.56. The summed E-state index contributed by atoms with van der Waals surface area (Å²) in [7, 11) is 4.31. The summed E-state index contributed by atoms with van der Waals surface area (Å²) in [5, 5.41) is 3.56. The van der Waals surface area contributed by atoms with Crippen LogP contribution in [0.2, 0.25) is 0 Å². The van der Waals surface area contributed by atoms with Gasteiger partial charge in [-0.05, 0) is 38.7 Å². The molecule has 2 unspecified atom stereocenters. The smallest absolute Gasteiger partial charge is 0.0208 e. The number of fused-ring (bicyclic) bond motifs is 1. The molecule has 1 aliphatic heterocycles. The Kier molecular flexibility index (Phi) is 5.58. The molecule has 0 saturated carbocycles. The average molecular weight is 275 g/mol. The van der Waals surface area contributed by atoms with Gasteiger partial charge in [-0.15, -0.1) is 0 Å². The van der Waals surface area contributed by atoms with Crippen molar-refractivity contribution < 1.29 is 0 Å². The van der Waals surface area contributed by atoms with Crippen LogP contribution in [0.4, 0.5) is 0 Å². The van der Waals surface area contributed by atoms with Crippen LogP contribution >= 0.6 is 0 Å². The number of nitrogens with zero attached hydrogens (tertiary/aromatic N) is 2. The van der Waals surface area contributed by atoms with E-state index in [1.54, 1.807) is 5.56 Å². The number of hydrogen-bond donors (Lipinski definition) is 1. The van der Waals surface area contributed by atoms with E-state index in [2.05, 4.69) is 67.3 Å². The van der Waals surface area contributed by atoms with E-state index in [0.29, 0.717) is 12.0 Å². The summed E-state index contributed by atoms with van der Waals surface area (Å²) in [6.07, 6.45) is 0. The van der Waals surface area contributed by atoms with Gasteiger partial charge in [0.1, 0.15) is 0 Å². The summed E-state index contributed by atoms with van der Waals surface area (Å²) >= 11 is 0. The fraction of sp³-hybridized carbons (Fsp3) is 0.647. The third-order valence-corrected chi connectivity index (χ3v) is 4.31. The van der Waals surface area contributed by atoms with Crippen molar-refractivity contribution in [2.45, 2.75) is 32.4 Å². The molecule has 0 amide bonds. The van der Waals surface area contributed by atoms with Crippen molar-refractivity contribution in [1.29, 1.82) is 0 Å². The Morgan fingerprint density at radius 2 is 2.05 bits per heavy atom. The Balaban J connectivity index is 2.05. The first kappa shape index (κ1) is 15.5. The molecule has 2 rings (SSSR count). The molecular formula is C17H29N3. The van der Waals surface area contributed by atoms with E-state index in [0.717, 1.165) is 32.7 Å². The van der Waals surface area contributed by atoms with E-state index in [4.69, 9.17) is 0 Å². The second-order valence-corrected chi connectivity index (χ2v) is 6.23. The van der Waals surface area contributed by atoms with Gasteiger partial charge in [-0.3, -0.25) is 4.90 Å². The van der Waals surface area contributed by atoms with E-state index in [-0.39, 0.29) is 0 Å². The van der Waals surface area contributed by atoms with Gasteiger partial charge in [-0.25, -0.2) is 0 Å². The Bertz CT molecular complexity index is 416. The summed E-state index contributed by atoms with van der Waals surface area (Å²) in [6.45, 7) is 10.1. The highest BCUT2D eigenvalue weighted by Gasteiger charge is 2.23. The third-order valence-electron chi connectivity index (χ3n) is 4.31. The summed E-state index contributed by atoms with van der Waals surface area (Å²) in [4.78, 5) is 4.88. The minimum absolute atomic E-state index is 0.601. The normalized spacial score (nSPS) is 20.2. The SMILES string of the molecule is CCN(CC1CNCc2ccccc21)C(C)CN(C)C. The molecule has 3 heteroatoms. The molecule has 112 valence electrons. The van der Waals surface area contributed by atoms with E-state index >= 15 is 0 Å². The lowest BCUT2D eigenvalue weighted by atomic mass is 9.90. The third kappa shape index (κ3) is 3.81. The zero-order valence-corrected chi connectivity index (χ0v) is 13.4. The Labute approximate surface area is 124 Å². The van der Waals surface area contributed by atoms with E-state index in [1.807, 2.05) is 0 Å². The van der Waals surface area contributed by atoms with E-state index in [9.17, 15) is 0 Å². The van der Waals surface area contributed by atoms with Gasteiger partial charge in [0, 0.05) is 38.1 Å². The number of nitrogens with one attached hydrogen (secondary N) is 1. The molecule has 2 atom stereocenters. The van der Waals surface area contributed by atoms with Crippen LogP contribution in [0.1, 0.15) is 30.9 Å². The van der Waals surface area contributed by atoms with Gasteiger partial charge in [0.25, 0.3) is 0 Å². The van der Waals surface area contributed by atoms with Gasteiger partial charge in [-0.1, -0.05) is 31.2 Å². The molecule has 20 heavy (non-hydrogen) atoms. The van der Waals surface area contributed by atoms with E-state index in [1.165, 1.54) is 5.56 Å². The van der Waals surface area contributed by atoms with Gasteiger partial charge in [0.2, 0.25) is 0 Å². The molecule has 0 fully saturated rings. The minimum Gasteiger partial charge on any atom is -0.312 e. The van der Waals surface area contributed by atoms with Crippen LogP contribution in [-0.2, 0) is 6.54 Å². The summed E-state index contributed by atoms with van der Waals surface area (Å²) in [6, 6.07) is 9.50. The van der Waals surface area contributed by atoms with E-state index < -0.39 is 0 Å². The lowest BCUT2D eigenvalue weighted by molar-refractivity contribution is 0.169. The first-order valence-electron chi connectivity index (χ1n) is 7.79. The van der Waals surface area contributed by atoms with Gasteiger partial charge in [0.05, 0.1) is 0 Å². The molecular weight excluding hydrogens is 246 g/mol. The fourth-order valence-electron chi connectivity index (χ4n) is 3.30. The number of hydrogen-bond acceptors (Lipinski definition) is 3. The molecule has 0 bridgehead atoms. The summed E-state index contributed by atoms with van der Waals surface area (Å²) < 4.78 is 0. The van der Waals surface area contributed by atoms with Crippen molar-refractivity contribution >= 4 is 0 Å². The zero-order chi connectivity index (χ0) is 14.5. The second kappa shape index (κ2) is 7.21. The number of rotatable bonds is 6. The maximum absolute atomic E-state index is 3.56. The Hall–Kier alpha value is -0.900. The molecule has 0 saturated heterocycles. The van der Waals surface area contributed by atoms with Crippen molar-refractivity contribution in [1.82, 2.24) is 15.1 Å². The molecule has 0 radical (unpaired) electrons. The molecule has 1 aromatic carbocycles. The molecule has 0 spiro atoms. The molecule has 1 aromatic rings. The van der Waals surface area contributed by atoms with Gasteiger partial charge < -0.3 is 10.2 Å². The molecule has 3 nitrogen and oxygen atoms in total. The van der Waals surface area contributed by atoms with Crippen LogP contribution in [0.25, 0.3) is 0 Å². The second-order valence-electron chi connectivity index (χ2n) is 6.23. The molecule has 0 aliphatic carbocycles. The highest BCUT2D eigenvalue weighted by atomic mass is 15.2. The predicted molar refractivity (Wildman–Crippen MR) is 86.2 cm³/mol. The lowest BCUT2D eigenvalue weighted by Crippen LogP contribution is -2.44. The van der Waals surface area contributed by atoms with Crippen LogP contribution in [0.5, 0.6) is 0 Å². The Morgan fingerprint density at radius 3 is 2.75 bits per heavy atom. The maximum Gasteiger partial charge on any atom is 0.0208 e. The van der Waals surface area contributed by atoms with Crippen LogP contribution < -0.4 is 5.32 Å². The molecule has 1 N–H and O–H groups in total. The number of benzene rings is 1. The topological polar surface area (TPSA) is 18.5 Å². The number of likely N-dealkylation sites (N-methyl/N-ethyl adjacent to an activating group) is 2. The lowest BCUT2D eigenvalue weighted by Gasteiger charge is -2.35. The quantitative estimate of drug-likeness (QED) is 0.858. The van der Waals surface area contributed by atoms with Gasteiger partial charge in [0.15, 0.2) is 0 Å². The molecule has 1 aliphatic rings. The predicted octanol–water partition coefficient (Wildman–Crippen LogP) is 2.15. The minimum atomic E-state index is 0.601. The van der Waals surface area contributed by atoms with Crippen LogP contribution in [0, 0.1) is 0 Å². The highest BCUT2D eigenvalue weighted by Crippen LogP contribution is 2.25. The summed E-state index contributed by atoms with van der Waals surface area (Å²) in [5.74, 6) is 0.615. The van der Waals surface area contributed by atoms with Gasteiger partial charge >= 0.3 is 0 Å². The molecule has 1 heterocycles. The van der Waals surface area contributed by atoms with Crippen molar-refractivity contribution in [3.05, 3.63) is 35.4 Å². The Morgan fingerprint density at radius 1 is 1.30 bits per heavy atom. The van der Waals surface area contributed by atoms with Crippen LogP contribution in [0.15, 0.2) is 24.3 Å². The van der Waals surface area contributed by atoms with Crippen molar-refractivity contribution in [2.75, 3.05) is 40.3 Å². The largest absolute Gasteiger partial charge is 0.312 e. The first-order chi connectivity index (χ1) is 9.61. The van der Waals surface area contributed by atoms with Crippen molar-refractivity contribution in [3.63, 3.8) is 0 Å². The standard InChI is InChI=1S/C17H29N3/c1-5-20(14(2)12-19(3)4)13-16-11-18-10-15-8-6-7-9-17(15)16/h6-9,14,16,18H,5,10-13H2,1-4H3. The van der Waals surface area contributed by atoms with Crippen LogP contribution in [0.3, 0.4) is 0 Å². The monoisotopic (exact) mass is 275 g/mol. The highest BCUT2D eigenvalue weighted by molar-refractivity contribution is 5.32. The van der Waals surface area contributed by atoms with Crippen molar-refractivity contribution in [2.24, 2.45) is 0 Å². The molecule has 0 aromatic heterocycles. The zero-order valence-electron chi connectivity index (χ0n) is 13.4. The average Bonchev–Trinajstić information content (AvgIpc) is 2.44.